The van der Waals surface area contributed by atoms with Gasteiger partial charge in [-0.1, -0.05) is 39.0 Å². The Morgan fingerprint density at radius 3 is 2.65 bits per heavy atom. The van der Waals surface area contributed by atoms with Gasteiger partial charge in [0.25, 0.3) is 0 Å². The van der Waals surface area contributed by atoms with E-state index < -0.39 is 0 Å². The Morgan fingerprint density at radius 1 is 1.18 bits per heavy atom. The van der Waals surface area contributed by atoms with Gasteiger partial charge in [0.2, 0.25) is 0 Å². The number of aromatic nitrogens is 2. The molecule has 1 heterocycles. The Kier molecular flexibility index (Phi) is 7.47. The summed E-state index contributed by atoms with van der Waals surface area (Å²) >= 11 is 0. The fraction of sp³-hybridized carbons (Fsp3) is 0.769. The van der Waals surface area contributed by atoms with Crippen molar-refractivity contribution in [2.75, 3.05) is 18.9 Å². The summed E-state index contributed by atoms with van der Waals surface area (Å²) in [4.78, 5) is 0. The zero-order chi connectivity index (χ0) is 12.3. The predicted molar refractivity (Wildman–Crippen MR) is 70.8 cm³/mol. The van der Waals surface area contributed by atoms with Crippen LogP contribution in [-0.4, -0.2) is 23.0 Å². The first-order chi connectivity index (χ1) is 8.33. The number of rotatable bonds is 10. The van der Waals surface area contributed by atoms with Gasteiger partial charge in [-0.2, -0.15) is 5.10 Å². The topological polar surface area (TPSA) is 53.1 Å². The highest BCUT2D eigenvalue weighted by Crippen LogP contribution is 2.05. The van der Waals surface area contributed by atoms with Gasteiger partial charge in [0.15, 0.2) is 0 Å². The molecule has 4 heteroatoms. The first-order valence-electron chi connectivity index (χ1n) is 6.68. The van der Waals surface area contributed by atoms with Crippen molar-refractivity contribution in [3.8, 4) is 0 Å². The Morgan fingerprint density at radius 2 is 1.94 bits per heavy atom. The standard InChI is InChI=1S/C13H25N3O/c1-2-3-4-5-6-7-9-17-10-8-16-12-13(14)11-15-16/h11-12H,2-10,14H2,1H3. The molecule has 0 radical (unpaired) electrons. The SMILES string of the molecule is CCCCCCCCOCCn1cc(N)cn1. The van der Waals surface area contributed by atoms with Crippen LogP contribution < -0.4 is 5.73 Å². The number of hydrogen-bond donors (Lipinski definition) is 1. The fourth-order valence-corrected chi connectivity index (χ4v) is 1.75. The van der Waals surface area contributed by atoms with Gasteiger partial charge in [0, 0.05) is 12.8 Å². The predicted octanol–water partition coefficient (Wildman–Crippen LogP) is 2.84. The van der Waals surface area contributed by atoms with E-state index in [9.17, 15) is 0 Å². The summed E-state index contributed by atoms with van der Waals surface area (Å²) in [5, 5.41) is 4.10. The number of unbranched alkanes of at least 4 members (excludes halogenated alkanes) is 5. The van der Waals surface area contributed by atoms with Gasteiger partial charge in [-0.25, -0.2) is 0 Å². The normalized spacial score (nSPS) is 10.9. The summed E-state index contributed by atoms with van der Waals surface area (Å²) in [6, 6.07) is 0. The van der Waals surface area contributed by atoms with Crippen LogP contribution in [0.25, 0.3) is 0 Å². The zero-order valence-electron chi connectivity index (χ0n) is 10.9. The summed E-state index contributed by atoms with van der Waals surface area (Å²) in [7, 11) is 0. The summed E-state index contributed by atoms with van der Waals surface area (Å²) in [6.07, 6.45) is 11.3. The molecule has 0 aliphatic carbocycles. The molecular formula is C13H25N3O. The van der Waals surface area contributed by atoms with Crippen molar-refractivity contribution < 1.29 is 4.74 Å². The molecule has 0 atom stereocenters. The number of ether oxygens (including phenoxy) is 1. The van der Waals surface area contributed by atoms with Crippen molar-refractivity contribution in [1.29, 1.82) is 0 Å². The first kappa shape index (κ1) is 14.0. The lowest BCUT2D eigenvalue weighted by Gasteiger charge is -2.04. The highest BCUT2D eigenvalue weighted by molar-refractivity contribution is 5.30. The van der Waals surface area contributed by atoms with Crippen molar-refractivity contribution in [3.63, 3.8) is 0 Å². The van der Waals surface area contributed by atoms with E-state index in [2.05, 4.69) is 12.0 Å². The van der Waals surface area contributed by atoms with Crippen LogP contribution in [0.3, 0.4) is 0 Å². The Hall–Kier alpha value is -1.03. The molecule has 0 amide bonds. The quantitative estimate of drug-likeness (QED) is 0.639. The third-order valence-electron chi connectivity index (χ3n) is 2.76. The molecule has 0 aromatic carbocycles. The fourth-order valence-electron chi connectivity index (χ4n) is 1.75. The summed E-state index contributed by atoms with van der Waals surface area (Å²) in [5.41, 5.74) is 6.27. The molecule has 2 N–H and O–H groups in total. The van der Waals surface area contributed by atoms with Crippen LogP contribution in [0, 0.1) is 0 Å². The van der Waals surface area contributed by atoms with Crippen LogP contribution in [0.2, 0.25) is 0 Å². The molecule has 17 heavy (non-hydrogen) atoms. The van der Waals surface area contributed by atoms with E-state index in [0.29, 0.717) is 5.69 Å². The van der Waals surface area contributed by atoms with E-state index in [0.717, 1.165) is 19.8 Å². The highest BCUT2D eigenvalue weighted by atomic mass is 16.5. The minimum atomic E-state index is 0.709. The number of nitrogen functional groups attached to an aromatic ring is 1. The molecule has 0 fully saturated rings. The van der Waals surface area contributed by atoms with Crippen molar-refractivity contribution in [1.82, 2.24) is 9.78 Å². The van der Waals surface area contributed by atoms with Crippen molar-refractivity contribution in [3.05, 3.63) is 12.4 Å². The monoisotopic (exact) mass is 239 g/mol. The Bertz CT molecular complexity index is 286. The number of anilines is 1. The molecule has 0 spiro atoms. The maximum Gasteiger partial charge on any atom is 0.0719 e. The second-order valence-corrected chi connectivity index (χ2v) is 4.42. The summed E-state index contributed by atoms with van der Waals surface area (Å²) in [6.45, 7) is 4.61. The molecule has 1 rings (SSSR count). The molecule has 0 unspecified atom stereocenters. The maximum absolute atomic E-state index is 5.56. The lowest BCUT2D eigenvalue weighted by atomic mass is 10.1. The van der Waals surface area contributed by atoms with E-state index >= 15 is 0 Å². The van der Waals surface area contributed by atoms with Crippen LogP contribution in [0.4, 0.5) is 5.69 Å². The molecule has 0 aliphatic rings. The molecule has 98 valence electrons. The van der Waals surface area contributed by atoms with Gasteiger partial charge < -0.3 is 10.5 Å². The molecule has 1 aromatic heterocycles. The van der Waals surface area contributed by atoms with Crippen molar-refractivity contribution in [2.45, 2.75) is 52.0 Å². The Labute approximate surface area is 104 Å². The van der Waals surface area contributed by atoms with E-state index in [1.807, 2.05) is 10.9 Å². The third-order valence-corrected chi connectivity index (χ3v) is 2.76. The Balaban J connectivity index is 1.84. The van der Waals surface area contributed by atoms with E-state index in [1.165, 1.54) is 38.5 Å². The van der Waals surface area contributed by atoms with Gasteiger partial charge in [-0.15, -0.1) is 0 Å². The largest absolute Gasteiger partial charge is 0.396 e. The summed E-state index contributed by atoms with van der Waals surface area (Å²) in [5.74, 6) is 0. The van der Waals surface area contributed by atoms with Gasteiger partial charge >= 0.3 is 0 Å². The van der Waals surface area contributed by atoms with E-state index in [4.69, 9.17) is 10.5 Å². The number of nitrogens with two attached hydrogens (primary N) is 1. The molecular weight excluding hydrogens is 214 g/mol. The second kappa shape index (κ2) is 9.05. The molecule has 0 bridgehead atoms. The minimum absolute atomic E-state index is 0.709. The maximum atomic E-state index is 5.56. The summed E-state index contributed by atoms with van der Waals surface area (Å²) < 4.78 is 7.37. The zero-order valence-corrected chi connectivity index (χ0v) is 10.9. The van der Waals surface area contributed by atoms with Gasteiger partial charge in [0.1, 0.15) is 0 Å². The van der Waals surface area contributed by atoms with Gasteiger partial charge in [0.05, 0.1) is 25.0 Å². The van der Waals surface area contributed by atoms with Crippen LogP contribution in [0.15, 0.2) is 12.4 Å². The van der Waals surface area contributed by atoms with Crippen LogP contribution in [0.5, 0.6) is 0 Å². The molecule has 4 nitrogen and oxygen atoms in total. The van der Waals surface area contributed by atoms with E-state index in [-0.39, 0.29) is 0 Å². The number of hydrogen-bond acceptors (Lipinski definition) is 3. The lowest BCUT2D eigenvalue weighted by Crippen LogP contribution is -2.07. The average molecular weight is 239 g/mol. The van der Waals surface area contributed by atoms with Crippen LogP contribution >= 0.6 is 0 Å². The van der Waals surface area contributed by atoms with Crippen molar-refractivity contribution >= 4 is 5.69 Å². The van der Waals surface area contributed by atoms with Gasteiger partial charge in [-0.3, -0.25) is 4.68 Å². The second-order valence-electron chi connectivity index (χ2n) is 4.42. The van der Waals surface area contributed by atoms with Crippen LogP contribution in [0.1, 0.15) is 45.4 Å². The molecule has 0 saturated carbocycles. The number of nitrogens with zero attached hydrogens (tertiary/aromatic N) is 2. The first-order valence-corrected chi connectivity index (χ1v) is 6.68. The van der Waals surface area contributed by atoms with Crippen LogP contribution in [-0.2, 0) is 11.3 Å². The van der Waals surface area contributed by atoms with E-state index in [1.54, 1.807) is 6.20 Å². The average Bonchev–Trinajstić information content (AvgIpc) is 2.73. The van der Waals surface area contributed by atoms with Gasteiger partial charge in [-0.05, 0) is 6.42 Å². The third kappa shape index (κ3) is 7.00. The minimum Gasteiger partial charge on any atom is -0.396 e. The van der Waals surface area contributed by atoms with Crippen molar-refractivity contribution in [2.24, 2.45) is 0 Å². The molecule has 0 saturated heterocycles. The molecule has 1 aromatic rings. The smallest absolute Gasteiger partial charge is 0.0719 e. The lowest BCUT2D eigenvalue weighted by molar-refractivity contribution is 0.120. The highest BCUT2D eigenvalue weighted by Gasteiger charge is 1.95. The molecule has 0 aliphatic heterocycles.